The van der Waals surface area contributed by atoms with Gasteiger partial charge in [-0.25, -0.2) is 0 Å². The zero-order chi connectivity index (χ0) is 8.27. The molecule has 1 aliphatic carbocycles. The molecule has 0 aromatic heterocycles. The molecule has 0 bridgehead atoms. The van der Waals surface area contributed by atoms with Crippen molar-refractivity contribution in [3.8, 4) is 0 Å². The third-order valence-corrected chi connectivity index (χ3v) is 3.11. The molecule has 0 heteroatoms. The highest BCUT2D eigenvalue weighted by molar-refractivity contribution is 4.77. The molecule has 0 heterocycles. The molecule has 1 radical (unpaired) electrons. The maximum atomic E-state index is 4.26. The summed E-state index contributed by atoms with van der Waals surface area (Å²) in [5.41, 5.74) is 0. The Kier molecular flexibility index (Phi) is 3.42. The Balaban J connectivity index is 2.32. The summed E-state index contributed by atoms with van der Waals surface area (Å²) in [5.74, 6) is 2.41. The maximum absolute atomic E-state index is 4.26. The molecule has 1 atom stereocenters. The van der Waals surface area contributed by atoms with Crippen LogP contribution in [0.25, 0.3) is 0 Å². The van der Waals surface area contributed by atoms with Crippen molar-refractivity contribution in [3.05, 3.63) is 6.92 Å². The van der Waals surface area contributed by atoms with Gasteiger partial charge in [0.2, 0.25) is 0 Å². The molecule has 0 spiro atoms. The highest BCUT2D eigenvalue weighted by atomic mass is 14.3. The molecule has 0 aromatic rings. The third kappa shape index (κ3) is 2.50. The van der Waals surface area contributed by atoms with E-state index in [0.29, 0.717) is 5.92 Å². The largest absolute Gasteiger partial charge is 0.0625 e. The number of rotatable bonds is 2. The van der Waals surface area contributed by atoms with Gasteiger partial charge in [-0.1, -0.05) is 46.0 Å². The van der Waals surface area contributed by atoms with E-state index in [2.05, 4.69) is 20.8 Å². The molecule has 0 aliphatic heterocycles. The lowest BCUT2D eigenvalue weighted by Gasteiger charge is -2.29. The highest BCUT2D eigenvalue weighted by Gasteiger charge is 2.21. The van der Waals surface area contributed by atoms with Crippen molar-refractivity contribution in [2.24, 2.45) is 17.8 Å². The van der Waals surface area contributed by atoms with Crippen molar-refractivity contribution in [1.29, 1.82) is 0 Å². The molecule has 0 aromatic carbocycles. The first-order valence-corrected chi connectivity index (χ1v) is 5.05. The van der Waals surface area contributed by atoms with Crippen molar-refractivity contribution in [2.75, 3.05) is 0 Å². The molecule has 1 aliphatic rings. The van der Waals surface area contributed by atoms with E-state index < -0.39 is 0 Å². The summed E-state index contributed by atoms with van der Waals surface area (Å²) < 4.78 is 0. The van der Waals surface area contributed by atoms with Crippen molar-refractivity contribution in [3.63, 3.8) is 0 Å². The molecule has 11 heavy (non-hydrogen) atoms. The second-order valence-electron chi connectivity index (χ2n) is 4.31. The lowest BCUT2D eigenvalue weighted by atomic mass is 9.76. The predicted octanol–water partition coefficient (Wildman–Crippen LogP) is 3.67. The third-order valence-electron chi connectivity index (χ3n) is 3.11. The van der Waals surface area contributed by atoms with Crippen molar-refractivity contribution in [2.45, 2.75) is 46.0 Å². The molecule has 65 valence electrons. The average molecular weight is 153 g/mol. The lowest BCUT2D eigenvalue weighted by molar-refractivity contribution is 0.236. The van der Waals surface area contributed by atoms with Crippen molar-refractivity contribution >= 4 is 0 Å². The van der Waals surface area contributed by atoms with E-state index in [9.17, 15) is 0 Å². The van der Waals surface area contributed by atoms with Crippen LogP contribution in [0.2, 0.25) is 0 Å². The van der Waals surface area contributed by atoms with Gasteiger partial charge in [0.25, 0.3) is 0 Å². The Morgan fingerprint density at radius 2 is 1.64 bits per heavy atom. The molecule has 0 saturated heterocycles. The van der Waals surface area contributed by atoms with Gasteiger partial charge in [0.1, 0.15) is 0 Å². The van der Waals surface area contributed by atoms with E-state index >= 15 is 0 Å². The molecular weight excluding hydrogens is 132 g/mol. The predicted molar refractivity (Wildman–Crippen MR) is 50.3 cm³/mol. The SMILES string of the molecule is [CH2]C(C(C)C)C1CCCCC1. The van der Waals surface area contributed by atoms with E-state index in [-0.39, 0.29) is 0 Å². The van der Waals surface area contributed by atoms with Gasteiger partial charge in [0.15, 0.2) is 0 Å². The van der Waals surface area contributed by atoms with Crippen LogP contribution >= 0.6 is 0 Å². The Morgan fingerprint density at radius 1 is 1.09 bits per heavy atom. The van der Waals surface area contributed by atoms with Crippen LogP contribution in [0.15, 0.2) is 0 Å². The van der Waals surface area contributed by atoms with Gasteiger partial charge in [0, 0.05) is 0 Å². The minimum Gasteiger partial charge on any atom is -0.0625 e. The monoisotopic (exact) mass is 153 g/mol. The Hall–Kier alpha value is 0. The van der Waals surface area contributed by atoms with Gasteiger partial charge in [-0.05, 0) is 24.7 Å². The van der Waals surface area contributed by atoms with E-state index in [1.165, 1.54) is 32.1 Å². The van der Waals surface area contributed by atoms with Crippen LogP contribution in [-0.4, -0.2) is 0 Å². The normalized spacial score (nSPS) is 24.0. The van der Waals surface area contributed by atoms with Crippen LogP contribution < -0.4 is 0 Å². The standard InChI is InChI=1S/C11H21/c1-9(2)10(3)11-7-5-4-6-8-11/h9-11H,3-8H2,1-2H3. The molecule has 1 fully saturated rings. The van der Waals surface area contributed by atoms with Crippen LogP contribution in [0, 0.1) is 24.7 Å². The molecule has 0 nitrogen and oxygen atoms in total. The molecule has 0 N–H and O–H groups in total. The minimum absolute atomic E-state index is 0.704. The van der Waals surface area contributed by atoms with Gasteiger partial charge < -0.3 is 0 Å². The fraction of sp³-hybridized carbons (Fsp3) is 0.909. The number of hydrogen-bond donors (Lipinski definition) is 0. The highest BCUT2D eigenvalue weighted by Crippen LogP contribution is 2.32. The summed E-state index contributed by atoms with van der Waals surface area (Å²) in [7, 11) is 0. The molecule has 1 saturated carbocycles. The smallest absolute Gasteiger partial charge is 0.0363 e. The van der Waals surface area contributed by atoms with Gasteiger partial charge >= 0.3 is 0 Å². The van der Waals surface area contributed by atoms with Crippen LogP contribution in [0.1, 0.15) is 46.0 Å². The molecule has 1 rings (SSSR count). The second kappa shape index (κ2) is 4.13. The quantitative estimate of drug-likeness (QED) is 0.568. The molecule has 0 amide bonds. The van der Waals surface area contributed by atoms with Crippen molar-refractivity contribution in [1.82, 2.24) is 0 Å². The first-order valence-electron chi connectivity index (χ1n) is 5.05. The lowest BCUT2D eigenvalue weighted by Crippen LogP contribution is -2.19. The Labute approximate surface area is 71.4 Å². The summed E-state index contributed by atoms with van der Waals surface area (Å²) in [6.45, 7) is 8.86. The Morgan fingerprint density at radius 3 is 2.09 bits per heavy atom. The van der Waals surface area contributed by atoms with E-state index in [4.69, 9.17) is 0 Å². The summed E-state index contributed by atoms with van der Waals surface area (Å²) >= 11 is 0. The molecular formula is C11H21. The second-order valence-corrected chi connectivity index (χ2v) is 4.31. The van der Waals surface area contributed by atoms with Gasteiger partial charge in [0.05, 0.1) is 0 Å². The Bertz CT molecular complexity index is 98.6. The van der Waals surface area contributed by atoms with E-state index in [0.717, 1.165) is 11.8 Å². The van der Waals surface area contributed by atoms with Crippen molar-refractivity contribution < 1.29 is 0 Å². The summed E-state index contributed by atoms with van der Waals surface area (Å²) in [6.07, 6.45) is 7.23. The summed E-state index contributed by atoms with van der Waals surface area (Å²) in [5, 5.41) is 0. The van der Waals surface area contributed by atoms with Crippen LogP contribution in [-0.2, 0) is 0 Å². The first-order chi connectivity index (χ1) is 5.22. The van der Waals surface area contributed by atoms with Crippen LogP contribution in [0.5, 0.6) is 0 Å². The average Bonchev–Trinajstić information content (AvgIpc) is 2.05. The zero-order valence-electron chi connectivity index (χ0n) is 7.97. The van der Waals surface area contributed by atoms with Gasteiger partial charge in [-0.2, -0.15) is 0 Å². The molecule has 1 unspecified atom stereocenters. The zero-order valence-corrected chi connectivity index (χ0v) is 7.97. The fourth-order valence-corrected chi connectivity index (χ4v) is 2.11. The fourth-order valence-electron chi connectivity index (χ4n) is 2.11. The van der Waals surface area contributed by atoms with Gasteiger partial charge in [-0.3, -0.25) is 0 Å². The van der Waals surface area contributed by atoms with Crippen LogP contribution in [0.3, 0.4) is 0 Å². The summed E-state index contributed by atoms with van der Waals surface area (Å²) in [4.78, 5) is 0. The van der Waals surface area contributed by atoms with Gasteiger partial charge in [-0.15, -0.1) is 0 Å². The minimum atomic E-state index is 0.704. The maximum Gasteiger partial charge on any atom is -0.0363 e. The van der Waals surface area contributed by atoms with E-state index in [1.54, 1.807) is 0 Å². The number of hydrogen-bond acceptors (Lipinski definition) is 0. The topological polar surface area (TPSA) is 0 Å². The van der Waals surface area contributed by atoms with E-state index in [1.807, 2.05) is 0 Å². The first kappa shape index (κ1) is 9.09. The van der Waals surface area contributed by atoms with Crippen LogP contribution in [0.4, 0.5) is 0 Å². The summed E-state index contributed by atoms with van der Waals surface area (Å²) in [6, 6.07) is 0.